The van der Waals surface area contributed by atoms with E-state index in [0.29, 0.717) is 19.3 Å². The minimum Gasteiger partial charge on any atom is -0.462 e. The van der Waals surface area contributed by atoms with Crippen molar-refractivity contribution in [1.82, 2.24) is 0 Å². The Kier molecular flexibility index (Phi) is 65.4. The smallest absolute Gasteiger partial charge is 0.306 e. The van der Waals surface area contributed by atoms with Gasteiger partial charge in [-0.1, -0.05) is 288 Å². The van der Waals surface area contributed by atoms with Crippen LogP contribution in [0.15, 0.2) is 158 Å². The number of ether oxygens (including phenoxy) is 3. The van der Waals surface area contributed by atoms with Crippen LogP contribution in [0, 0.1) is 0 Å². The molecule has 0 aliphatic carbocycles. The minimum atomic E-state index is -0.800. The first-order chi connectivity index (χ1) is 41.0. The highest BCUT2D eigenvalue weighted by Crippen LogP contribution is 2.15. The maximum absolute atomic E-state index is 12.9. The van der Waals surface area contributed by atoms with E-state index in [1.165, 1.54) is 83.5 Å². The van der Waals surface area contributed by atoms with Crippen LogP contribution in [0.1, 0.15) is 290 Å². The van der Waals surface area contributed by atoms with E-state index in [-0.39, 0.29) is 31.1 Å². The second-order valence-corrected chi connectivity index (χ2v) is 22.0. The second-order valence-electron chi connectivity index (χ2n) is 22.0. The SMILES string of the molecule is CC/C=C\C/C=C\C/C=C\C/C=C\C/C=C\C/C=C\C/C=C\CCCCCCCCCCCCCC(=O)OCC(COC(=O)CCCCCCC/C=C\CCCC)OC(=O)CCCCCCC/C=C\C/C=C\C/C=C\C/C=C\C/C=C\CC. The number of carbonyl (C=O) groups is 3. The summed E-state index contributed by atoms with van der Waals surface area (Å²) in [5.41, 5.74) is 0. The van der Waals surface area contributed by atoms with Gasteiger partial charge in [-0.05, 0) is 141 Å². The molecule has 0 heterocycles. The lowest BCUT2D eigenvalue weighted by molar-refractivity contribution is -0.167. The molecule has 0 bridgehead atoms. The average molecular weight is 1150 g/mol. The van der Waals surface area contributed by atoms with Crippen molar-refractivity contribution in [2.45, 2.75) is 297 Å². The predicted octanol–water partition coefficient (Wildman–Crippen LogP) is 23.7. The molecule has 0 amide bonds. The lowest BCUT2D eigenvalue weighted by Gasteiger charge is -2.18. The number of esters is 3. The Hall–Kier alpha value is -4.97. The van der Waals surface area contributed by atoms with Gasteiger partial charge < -0.3 is 14.2 Å². The van der Waals surface area contributed by atoms with Crippen molar-refractivity contribution in [2.75, 3.05) is 13.2 Å². The zero-order valence-electron chi connectivity index (χ0n) is 53.7. The van der Waals surface area contributed by atoms with Crippen molar-refractivity contribution in [3.63, 3.8) is 0 Å². The fraction of sp³-hybridized carbons (Fsp3) is 0.623. The van der Waals surface area contributed by atoms with Gasteiger partial charge in [0.05, 0.1) is 0 Å². The first-order valence-electron chi connectivity index (χ1n) is 34.0. The molecule has 0 aliphatic rings. The second kappa shape index (κ2) is 69.5. The van der Waals surface area contributed by atoms with E-state index >= 15 is 0 Å². The van der Waals surface area contributed by atoms with E-state index in [2.05, 4.69) is 179 Å². The van der Waals surface area contributed by atoms with Crippen LogP contribution in [0.4, 0.5) is 0 Å². The lowest BCUT2D eigenvalue weighted by Crippen LogP contribution is -2.30. The summed E-state index contributed by atoms with van der Waals surface area (Å²) < 4.78 is 16.9. The van der Waals surface area contributed by atoms with Gasteiger partial charge in [0, 0.05) is 19.3 Å². The molecule has 0 saturated carbocycles. The summed E-state index contributed by atoms with van der Waals surface area (Å²) in [7, 11) is 0. The van der Waals surface area contributed by atoms with E-state index in [1.807, 2.05) is 0 Å². The largest absolute Gasteiger partial charge is 0.462 e. The van der Waals surface area contributed by atoms with Crippen LogP contribution in [0.25, 0.3) is 0 Å². The molecule has 0 N–H and O–H groups in total. The summed E-state index contributed by atoms with van der Waals surface area (Å²) in [5.74, 6) is -0.926. The molecular formula is C77H124O6. The Labute approximate surface area is 511 Å². The van der Waals surface area contributed by atoms with Crippen LogP contribution in [0.5, 0.6) is 0 Å². The molecule has 6 nitrogen and oxygen atoms in total. The van der Waals surface area contributed by atoms with Gasteiger partial charge in [-0.15, -0.1) is 0 Å². The summed E-state index contributed by atoms with van der Waals surface area (Å²) in [6.07, 6.45) is 101. The number of allylic oxidation sites excluding steroid dienone is 26. The fourth-order valence-corrected chi connectivity index (χ4v) is 8.96. The molecule has 0 aromatic heterocycles. The molecule has 468 valence electrons. The molecule has 0 aromatic rings. The standard InChI is InChI=1S/C77H124O6/c1-4-7-10-13-16-19-22-24-26-28-30-32-33-34-35-36-37-38-39-40-41-42-43-45-46-48-50-52-55-58-61-64-67-70-76(79)82-73-74(72-81-75(78)69-66-63-60-57-54-21-18-15-12-9-6-3)83-77(80)71-68-65-62-59-56-53-51-49-47-44-31-29-27-25-23-20-17-14-11-8-5-2/h7-8,10-11,15-20,24-27,30-32,34-35,37-38,40-41,44,49,51,74H,4-6,9,12-14,21-23,28-29,33,36,39,42-43,45-48,50,52-73H2,1-3H3/b10-7-,11-8-,18-15-,19-16-,20-17-,26-24-,27-25-,32-30-,35-34-,38-37-,41-40-,44-31-,51-49-. The molecule has 1 unspecified atom stereocenters. The number of hydrogen-bond acceptors (Lipinski definition) is 6. The van der Waals surface area contributed by atoms with Gasteiger partial charge in [-0.25, -0.2) is 0 Å². The molecule has 0 aliphatic heterocycles. The van der Waals surface area contributed by atoms with Crippen molar-refractivity contribution in [1.29, 1.82) is 0 Å². The van der Waals surface area contributed by atoms with E-state index in [4.69, 9.17) is 14.2 Å². The van der Waals surface area contributed by atoms with Crippen LogP contribution in [-0.2, 0) is 28.6 Å². The van der Waals surface area contributed by atoms with Gasteiger partial charge in [-0.3, -0.25) is 14.4 Å². The molecule has 0 radical (unpaired) electrons. The molecule has 1 atom stereocenters. The quantitative estimate of drug-likeness (QED) is 0.0261. The Morgan fingerprint density at radius 2 is 0.470 bits per heavy atom. The van der Waals surface area contributed by atoms with Gasteiger partial charge >= 0.3 is 17.9 Å². The third-order valence-corrected chi connectivity index (χ3v) is 14.0. The lowest BCUT2D eigenvalue weighted by atomic mass is 10.0. The maximum atomic E-state index is 12.9. The predicted molar refractivity (Wildman–Crippen MR) is 362 cm³/mol. The maximum Gasteiger partial charge on any atom is 0.306 e. The molecule has 83 heavy (non-hydrogen) atoms. The van der Waals surface area contributed by atoms with Crippen molar-refractivity contribution in [3.05, 3.63) is 158 Å². The van der Waals surface area contributed by atoms with Gasteiger partial charge in [0.1, 0.15) is 13.2 Å². The normalized spacial score (nSPS) is 13.1. The Balaban J connectivity index is 4.28. The Morgan fingerprint density at radius 1 is 0.253 bits per heavy atom. The molecular weight excluding hydrogens is 1020 g/mol. The van der Waals surface area contributed by atoms with Crippen LogP contribution >= 0.6 is 0 Å². The minimum absolute atomic E-state index is 0.0949. The molecule has 0 rings (SSSR count). The zero-order valence-corrected chi connectivity index (χ0v) is 53.7. The molecule has 6 heteroatoms. The fourth-order valence-electron chi connectivity index (χ4n) is 8.96. The summed E-state index contributed by atoms with van der Waals surface area (Å²) in [5, 5.41) is 0. The molecule has 0 saturated heterocycles. The van der Waals surface area contributed by atoms with Crippen molar-refractivity contribution < 1.29 is 28.6 Å². The number of rotatable bonds is 60. The van der Waals surface area contributed by atoms with E-state index in [1.54, 1.807) is 0 Å². The number of carbonyl (C=O) groups excluding carboxylic acids is 3. The first kappa shape index (κ1) is 78.0. The van der Waals surface area contributed by atoms with Crippen LogP contribution in [0.2, 0.25) is 0 Å². The van der Waals surface area contributed by atoms with E-state index in [0.717, 1.165) is 167 Å². The van der Waals surface area contributed by atoms with Crippen molar-refractivity contribution in [2.24, 2.45) is 0 Å². The van der Waals surface area contributed by atoms with E-state index in [9.17, 15) is 14.4 Å². The summed E-state index contributed by atoms with van der Waals surface area (Å²) in [6.45, 7) is 6.35. The van der Waals surface area contributed by atoms with Crippen LogP contribution in [0.3, 0.4) is 0 Å². The number of hydrogen-bond donors (Lipinski definition) is 0. The molecule has 0 aromatic carbocycles. The van der Waals surface area contributed by atoms with E-state index < -0.39 is 6.10 Å². The highest BCUT2D eigenvalue weighted by Gasteiger charge is 2.19. The molecule has 0 fully saturated rings. The van der Waals surface area contributed by atoms with Gasteiger partial charge in [0.15, 0.2) is 6.10 Å². The van der Waals surface area contributed by atoms with Gasteiger partial charge in [-0.2, -0.15) is 0 Å². The summed E-state index contributed by atoms with van der Waals surface area (Å²) >= 11 is 0. The Bertz CT molecular complexity index is 1840. The third-order valence-electron chi connectivity index (χ3n) is 14.0. The molecule has 0 spiro atoms. The summed E-state index contributed by atoms with van der Waals surface area (Å²) in [4.78, 5) is 38.3. The highest BCUT2D eigenvalue weighted by molar-refractivity contribution is 5.71. The van der Waals surface area contributed by atoms with Crippen molar-refractivity contribution >= 4 is 17.9 Å². The average Bonchev–Trinajstić information content (AvgIpc) is 3.48. The highest BCUT2D eigenvalue weighted by atomic mass is 16.6. The van der Waals surface area contributed by atoms with Crippen LogP contribution in [-0.4, -0.2) is 37.2 Å². The van der Waals surface area contributed by atoms with Crippen LogP contribution < -0.4 is 0 Å². The third kappa shape index (κ3) is 67.7. The Morgan fingerprint density at radius 3 is 0.747 bits per heavy atom. The monoisotopic (exact) mass is 1140 g/mol. The topological polar surface area (TPSA) is 78.9 Å². The van der Waals surface area contributed by atoms with Crippen molar-refractivity contribution in [3.8, 4) is 0 Å². The number of unbranched alkanes of at least 4 members (excludes halogenated alkanes) is 23. The summed E-state index contributed by atoms with van der Waals surface area (Å²) in [6, 6.07) is 0. The van der Waals surface area contributed by atoms with Gasteiger partial charge in [0.25, 0.3) is 0 Å². The van der Waals surface area contributed by atoms with Gasteiger partial charge in [0.2, 0.25) is 0 Å². The zero-order chi connectivity index (χ0) is 59.9. The first-order valence-corrected chi connectivity index (χ1v) is 34.0.